The van der Waals surface area contributed by atoms with Crippen molar-refractivity contribution < 1.29 is 22.7 Å². The minimum Gasteiger partial charge on any atom is -0.465 e. The van der Waals surface area contributed by atoms with E-state index in [1.54, 1.807) is 0 Å². The number of benzene rings is 3. The van der Waals surface area contributed by atoms with Crippen LogP contribution in [-0.4, -0.2) is 50.2 Å². The first kappa shape index (κ1) is 29.7. The van der Waals surface area contributed by atoms with Gasteiger partial charge in [0.25, 0.3) is 0 Å². The first-order valence-electron chi connectivity index (χ1n) is 14.2. The molecular formula is C33H39F3N2O2. The molecule has 0 aliphatic carbocycles. The van der Waals surface area contributed by atoms with Gasteiger partial charge in [0.1, 0.15) is 0 Å². The quantitative estimate of drug-likeness (QED) is 0.230. The summed E-state index contributed by atoms with van der Waals surface area (Å²) in [5.74, 6) is -0.124. The second-order valence-corrected chi connectivity index (χ2v) is 10.5. The van der Waals surface area contributed by atoms with E-state index in [0.717, 1.165) is 86.5 Å². The standard InChI is InChI=1S/C33H39F3N2O2/c1-3-24-40-31(39)32(4-2,28-11-6-5-7-12-28)18-9-19-37-20-22-38(23-21-37)30-13-8-10-27(25-30)26-14-16-29(17-15-26)33(34,35)36/h5-8,10-17,25H,3-4,9,18-24H2,1-2H3. The molecule has 0 radical (unpaired) electrons. The Hall–Kier alpha value is -3.32. The fourth-order valence-corrected chi connectivity index (χ4v) is 5.55. The largest absolute Gasteiger partial charge is 0.465 e. The minimum atomic E-state index is -4.34. The monoisotopic (exact) mass is 552 g/mol. The third-order valence-electron chi connectivity index (χ3n) is 7.96. The van der Waals surface area contributed by atoms with E-state index >= 15 is 0 Å². The number of carbonyl (C=O) groups excluding carboxylic acids is 1. The lowest BCUT2D eigenvalue weighted by Crippen LogP contribution is -2.47. The van der Waals surface area contributed by atoms with Crippen molar-refractivity contribution in [1.29, 1.82) is 0 Å². The molecule has 0 bridgehead atoms. The third-order valence-corrected chi connectivity index (χ3v) is 7.96. The molecule has 214 valence electrons. The van der Waals surface area contributed by atoms with Crippen LogP contribution in [0.2, 0.25) is 0 Å². The van der Waals surface area contributed by atoms with Gasteiger partial charge >= 0.3 is 12.1 Å². The zero-order valence-electron chi connectivity index (χ0n) is 23.4. The van der Waals surface area contributed by atoms with Gasteiger partial charge in [0.15, 0.2) is 0 Å². The van der Waals surface area contributed by atoms with Gasteiger partial charge < -0.3 is 9.64 Å². The average molecular weight is 553 g/mol. The first-order valence-corrected chi connectivity index (χ1v) is 14.2. The number of piperazine rings is 1. The van der Waals surface area contributed by atoms with Crippen LogP contribution < -0.4 is 4.90 Å². The zero-order chi connectivity index (χ0) is 28.6. The Balaban J connectivity index is 1.34. The molecule has 1 heterocycles. The molecule has 0 saturated carbocycles. The van der Waals surface area contributed by atoms with E-state index in [9.17, 15) is 18.0 Å². The molecule has 1 unspecified atom stereocenters. The summed E-state index contributed by atoms with van der Waals surface area (Å²) in [5.41, 5.74) is 2.50. The zero-order valence-corrected chi connectivity index (χ0v) is 23.4. The molecule has 1 aliphatic rings. The Morgan fingerprint density at radius 1 is 0.825 bits per heavy atom. The van der Waals surface area contributed by atoms with Gasteiger partial charge in [-0.1, -0.05) is 68.4 Å². The highest BCUT2D eigenvalue weighted by atomic mass is 19.4. The van der Waals surface area contributed by atoms with Crippen LogP contribution >= 0.6 is 0 Å². The molecule has 4 nitrogen and oxygen atoms in total. The lowest BCUT2D eigenvalue weighted by atomic mass is 9.74. The van der Waals surface area contributed by atoms with E-state index in [1.807, 2.05) is 49.4 Å². The summed E-state index contributed by atoms with van der Waals surface area (Å²) in [7, 11) is 0. The number of ether oxygens (including phenoxy) is 1. The van der Waals surface area contributed by atoms with E-state index in [-0.39, 0.29) is 5.97 Å². The number of halogens is 3. The van der Waals surface area contributed by atoms with Gasteiger partial charge in [0, 0.05) is 31.9 Å². The summed E-state index contributed by atoms with van der Waals surface area (Å²) in [5, 5.41) is 0. The topological polar surface area (TPSA) is 32.8 Å². The first-order chi connectivity index (χ1) is 19.3. The summed E-state index contributed by atoms with van der Waals surface area (Å²) in [6.45, 7) is 8.99. The molecule has 1 aliphatic heterocycles. The van der Waals surface area contributed by atoms with E-state index in [4.69, 9.17) is 4.74 Å². The number of alkyl halides is 3. The van der Waals surface area contributed by atoms with Gasteiger partial charge in [-0.3, -0.25) is 9.69 Å². The average Bonchev–Trinajstić information content (AvgIpc) is 2.99. The van der Waals surface area contributed by atoms with Crippen LogP contribution in [0, 0.1) is 0 Å². The Morgan fingerprint density at radius 3 is 2.15 bits per heavy atom. The molecule has 0 amide bonds. The second-order valence-electron chi connectivity index (χ2n) is 10.5. The molecule has 1 atom stereocenters. The van der Waals surface area contributed by atoms with Crippen molar-refractivity contribution in [2.45, 2.75) is 51.1 Å². The number of rotatable bonds is 11. The Kier molecular flexibility index (Phi) is 9.90. The number of nitrogens with zero attached hydrogens (tertiary/aromatic N) is 2. The summed E-state index contributed by atoms with van der Waals surface area (Å²) in [4.78, 5) is 18.0. The molecule has 1 saturated heterocycles. The predicted molar refractivity (Wildman–Crippen MR) is 154 cm³/mol. The molecule has 0 spiro atoms. The van der Waals surface area contributed by atoms with E-state index in [0.29, 0.717) is 13.0 Å². The predicted octanol–water partition coefficient (Wildman–Crippen LogP) is 7.58. The maximum atomic E-state index is 13.2. The van der Waals surface area contributed by atoms with Gasteiger partial charge in [-0.05, 0) is 73.2 Å². The summed E-state index contributed by atoms with van der Waals surface area (Å²) in [6.07, 6.45) is -1.20. The number of hydrogen-bond acceptors (Lipinski definition) is 4. The van der Waals surface area contributed by atoms with Crippen molar-refractivity contribution in [1.82, 2.24) is 4.90 Å². The summed E-state index contributed by atoms with van der Waals surface area (Å²) < 4.78 is 44.5. The van der Waals surface area contributed by atoms with E-state index in [2.05, 4.69) is 28.9 Å². The van der Waals surface area contributed by atoms with Crippen molar-refractivity contribution in [2.24, 2.45) is 0 Å². The van der Waals surface area contributed by atoms with Crippen LogP contribution in [0.1, 0.15) is 50.7 Å². The van der Waals surface area contributed by atoms with Crippen LogP contribution in [0.3, 0.4) is 0 Å². The van der Waals surface area contributed by atoms with Gasteiger partial charge in [-0.2, -0.15) is 13.2 Å². The summed E-state index contributed by atoms with van der Waals surface area (Å²) >= 11 is 0. The number of esters is 1. The van der Waals surface area contributed by atoms with Crippen LogP contribution in [0.4, 0.5) is 18.9 Å². The van der Waals surface area contributed by atoms with Crippen LogP contribution in [0.25, 0.3) is 11.1 Å². The molecule has 40 heavy (non-hydrogen) atoms. The minimum absolute atomic E-state index is 0.124. The number of anilines is 1. The van der Waals surface area contributed by atoms with Crippen molar-refractivity contribution in [3.05, 3.63) is 90.0 Å². The molecule has 0 N–H and O–H groups in total. The normalized spacial score (nSPS) is 16.0. The van der Waals surface area contributed by atoms with Crippen molar-refractivity contribution in [2.75, 3.05) is 44.2 Å². The summed E-state index contributed by atoms with van der Waals surface area (Å²) in [6, 6.07) is 23.3. The maximum Gasteiger partial charge on any atom is 0.416 e. The Morgan fingerprint density at radius 2 is 1.52 bits per heavy atom. The Labute approximate surface area is 235 Å². The van der Waals surface area contributed by atoms with Crippen molar-refractivity contribution in [3.63, 3.8) is 0 Å². The van der Waals surface area contributed by atoms with Gasteiger partial charge in [0.05, 0.1) is 17.6 Å². The van der Waals surface area contributed by atoms with Gasteiger partial charge in [0.2, 0.25) is 0 Å². The SMILES string of the molecule is CCCOC(=O)C(CC)(CCCN1CCN(c2cccc(-c3ccc(C(F)(F)F)cc3)c2)CC1)c1ccccc1. The molecule has 1 fully saturated rings. The number of hydrogen-bond donors (Lipinski definition) is 0. The maximum absolute atomic E-state index is 13.2. The molecule has 7 heteroatoms. The fraction of sp³-hybridized carbons (Fsp3) is 0.424. The molecule has 3 aromatic rings. The van der Waals surface area contributed by atoms with E-state index < -0.39 is 17.2 Å². The van der Waals surface area contributed by atoms with Gasteiger partial charge in [-0.25, -0.2) is 0 Å². The highest BCUT2D eigenvalue weighted by molar-refractivity contribution is 5.83. The molecule has 0 aromatic heterocycles. The lowest BCUT2D eigenvalue weighted by Gasteiger charge is -2.37. The second kappa shape index (κ2) is 13.4. The molecule has 3 aromatic carbocycles. The van der Waals surface area contributed by atoms with Crippen molar-refractivity contribution >= 4 is 11.7 Å². The number of carbonyl (C=O) groups is 1. The highest BCUT2D eigenvalue weighted by Crippen LogP contribution is 2.35. The third kappa shape index (κ3) is 7.05. The molecule has 4 rings (SSSR count). The van der Waals surface area contributed by atoms with E-state index in [1.165, 1.54) is 12.1 Å². The smallest absolute Gasteiger partial charge is 0.416 e. The lowest BCUT2D eigenvalue weighted by molar-refractivity contribution is -0.151. The van der Waals surface area contributed by atoms with Crippen LogP contribution in [-0.2, 0) is 21.1 Å². The Bertz CT molecular complexity index is 1220. The van der Waals surface area contributed by atoms with Crippen LogP contribution in [0.5, 0.6) is 0 Å². The fourth-order valence-electron chi connectivity index (χ4n) is 5.55. The van der Waals surface area contributed by atoms with Crippen molar-refractivity contribution in [3.8, 4) is 11.1 Å². The van der Waals surface area contributed by atoms with Crippen LogP contribution in [0.15, 0.2) is 78.9 Å². The van der Waals surface area contributed by atoms with Gasteiger partial charge in [-0.15, -0.1) is 0 Å². The highest BCUT2D eigenvalue weighted by Gasteiger charge is 2.39. The molecular weight excluding hydrogens is 513 g/mol.